The normalized spacial score (nSPS) is 12.7. The first-order valence-electron chi connectivity index (χ1n) is 6.28. The van der Waals surface area contributed by atoms with E-state index in [2.05, 4.69) is 15.5 Å². The van der Waals surface area contributed by atoms with Crippen molar-refractivity contribution < 1.29 is 22.9 Å². The highest BCUT2D eigenvalue weighted by molar-refractivity contribution is 8.02. The zero-order chi connectivity index (χ0) is 17.9. The Bertz CT molecular complexity index is 753. The minimum Gasteiger partial charge on any atom is -0.325 e. The number of nitro groups is 1. The fourth-order valence-electron chi connectivity index (χ4n) is 1.64. The molecule has 1 unspecified atom stereocenters. The number of alkyl halides is 3. The second-order valence-corrected chi connectivity index (χ2v) is 6.86. The summed E-state index contributed by atoms with van der Waals surface area (Å²) in [4.78, 5) is 21.8. The second kappa shape index (κ2) is 7.13. The summed E-state index contributed by atoms with van der Waals surface area (Å²) >= 11 is 2.24. The van der Waals surface area contributed by atoms with Gasteiger partial charge in [-0.1, -0.05) is 23.1 Å². The molecule has 1 aromatic carbocycles. The van der Waals surface area contributed by atoms with Crippen LogP contribution in [0, 0.1) is 10.1 Å². The number of hydrogen-bond donors (Lipinski definition) is 1. The molecule has 0 bridgehead atoms. The van der Waals surface area contributed by atoms with Crippen LogP contribution in [0.1, 0.15) is 12.5 Å². The van der Waals surface area contributed by atoms with Gasteiger partial charge in [-0.05, 0) is 13.0 Å². The van der Waals surface area contributed by atoms with Gasteiger partial charge in [0, 0.05) is 12.1 Å². The van der Waals surface area contributed by atoms with Crippen molar-refractivity contribution in [3.8, 4) is 0 Å². The van der Waals surface area contributed by atoms with Gasteiger partial charge in [0.1, 0.15) is 5.51 Å². The van der Waals surface area contributed by atoms with E-state index in [1.165, 1.54) is 23.8 Å². The monoisotopic (exact) mass is 378 g/mol. The van der Waals surface area contributed by atoms with Crippen molar-refractivity contribution in [1.82, 2.24) is 10.2 Å². The van der Waals surface area contributed by atoms with Crippen LogP contribution in [-0.2, 0) is 11.0 Å². The number of aromatic nitrogens is 2. The number of amides is 1. The Labute approximate surface area is 141 Å². The first-order valence-corrected chi connectivity index (χ1v) is 8.03. The van der Waals surface area contributed by atoms with E-state index in [4.69, 9.17) is 0 Å². The van der Waals surface area contributed by atoms with Crippen LogP contribution in [0.5, 0.6) is 0 Å². The van der Waals surface area contributed by atoms with Gasteiger partial charge in [-0.25, -0.2) is 0 Å². The number of carbonyl (C=O) groups excluding carboxylic acids is 1. The molecule has 0 aliphatic heterocycles. The molecule has 1 heterocycles. The number of nitro benzene ring substituents is 1. The second-order valence-electron chi connectivity index (χ2n) is 4.44. The molecule has 1 N–H and O–H groups in total. The lowest BCUT2D eigenvalue weighted by atomic mass is 10.1. The predicted octanol–water partition coefficient (Wildman–Crippen LogP) is 3.58. The maximum atomic E-state index is 13.1. The standard InChI is InChI=1S/C12H9F3N4O3S2/c1-6(24-11-18-16-5-23-11)10(20)17-9-3-2-7(19(21)22)4-8(9)12(13,14)15/h2-6H,1H3,(H,17,20). The lowest BCUT2D eigenvalue weighted by molar-refractivity contribution is -0.385. The van der Waals surface area contributed by atoms with Gasteiger partial charge in [0.05, 0.1) is 21.4 Å². The molecule has 12 heteroatoms. The van der Waals surface area contributed by atoms with E-state index in [9.17, 15) is 28.1 Å². The minimum atomic E-state index is -4.84. The summed E-state index contributed by atoms with van der Waals surface area (Å²) in [7, 11) is 0. The van der Waals surface area contributed by atoms with E-state index in [1.54, 1.807) is 0 Å². The zero-order valence-electron chi connectivity index (χ0n) is 11.9. The molecule has 0 fully saturated rings. The van der Waals surface area contributed by atoms with Gasteiger partial charge in [0.15, 0.2) is 4.34 Å². The average Bonchev–Trinajstić information content (AvgIpc) is 2.99. The topological polar surface area (TPSA) is 98.0 Å². The van der Waals surface area contributed by atoms with E-state index < -0.39 is 39.2 Å². The summed E-state index contributed by atoms with van der Waals surface area (Å²) in [6.07, 6.45) is -4.84. The molecule has 7 nitrogen and oxygen atoms in total. The van der Waals surface area contributed by atoms with Crippen LogP contribution >= 0.6 is 23.1 Å². The molecular weight excluding hydrogens is 369 g/mol. The van der Waals surface area contributed by atoms with E-state index in [-0.39, 0.29) is 0 Å². The molecule has 0 saturated heterocycles. The van der Waals surface area contributed by atoms with Gasteiger partial charge in [-0.15, -0.1) is 10.2 Å². The summed E-state index contributed by atoms with van der Waals surface area (Å²) in [6.45, 7) is 1.50. The number of anilines is 1. The summed E-state index contributed by atoms with van der Waals surface area (Å²) in [5.41, 5.74) is -1.07. The van der Waals surface area contributed by atoms with E-state index in [1.807, 2.05) is 0 Å². The van der Waals surface area contributed by atoms with E-state index >= 15 is 0 Å². The van der Waals surface area contributed by atoms with Gasteiger partial charge >= 0.3 is 6.18 Å². The van der Waals surface area contributed by atoms with Crippen LogP contribution in [0.4, 0.5) is 24.5 Å². The van der Waals surface area contributed by atoms with Crippen molar-refractivity contribution >= 4 is 40.4 Å². The van der Waals surface area contributed by atoms with Crippen LogP contribution in [-0.4, -0.2) is 26.3 Å². The number of non-ortho nitro benzene ring substituents is 1. The molecule has 1 atom stereocenters. The fourth-order valence-corrected chi connectivity index (χ4v) is 3.27. The molecule has 128 valence electrons. The highest BCUT2D eigenvalue weighted by Gasteiger charge is 2.36. The van der Waals surface area contributed by atoms with Crippen molar-refractivity contribution in [2.75, 3.05) is 5.32 Å². The van der Waals surface area contributed by atoms with Crippen molar-refractivity contribution in [3.05, 3.63) is 39.4 Å². The largest absolute Gasteiger partial charge is 0.418 e. The number of carbonyl (C=O) groups is 1. The van der Waals surface area contributed by atoms with Crippen molar-refractivity contribution in [3.63, 3.8) is 0 Å². The van der Waals surface area contributed by atoms with Gasteiger partial charge in [0.2, 0.25) is 5.91 Å². The molecule has 0 radical (unpaired) electrons. The summed E-state index contributed by atoms with van der Waals surface area (Å²) in [5.74, 6) is -0.686. The van der Waals surface area contributed by atoms with Crippen molar-refractivity contribution in [2.45, 2.75) is 22.7 Å². The maximum absolute atomic E-state index is 13.1. The Morgan fingerprint density at radius 3 is 2.71 bits per heavy atom. The minimum absolute atomic E-state index is 0.387. The lowest BCUT2D eigenvalue weighted by Gasteiger charge is -2.15. The molecular formula is C12H9F3N4O3S2. The number of nitrogens with zero attached hydrogens (tertiary/aromatic N) is 3. The van der Waals surface area contributed by atoms with Gasteiger partial charge in [0.25, 0.3) is 5.69 Å². The third-order valence-electron chi connectivity index (χ3n) is 2.76. The van der Waals surface area contributed by atoms with Crippen LogP contribution in [0.25, 0.3) is 0 Å². The fraction of sp³-hybridized carbons (Fsp3) is 0.250. The molecule has 1 aromatic heterocycles. The third kappa shape index (κ3) is 4.41. The Morgan fingerprint density at radius 1 is 1.46 bits per heavy atom. The quantitative estimate of drug-likeness (QED) is 0.485. The molecule has 0 aliphatic carbocycles. The molecule has 2 rings (SSSR count). The van der Waals surface area contributed by atoms with E-state index in [0.29, 0.717) is 10.4 Å². The Hall–Kier alpha value is -2.21. The van der Waals surface area contributed by atoms with E-state index in [0.717, 1.165) is 23.9 Å². The van der Waals surface area contributed by atoms with Gasteiger partial charge in [-0.2, -0.15) is 13.2 Å². The zero-order valence-corrected chi connectivity index (χ0v) is 13.5. The van der Waals surface area contributed by atoms with Crippen molar-refractivity contribution in [2.24, 2.45) is 0 Å². The van der Waals surface area contributed by atoms with Crippen LogP contribution in [0.3, 0.4) is 0 Å². The SMILES string of the molecule is CC(Sc1nncs1)C(=O)Nc1ccc([N+](=O)[O-])cc1C(F)(F)F. The molecule has 2 aromatic rings. The summed E-state index contributed by atoms with van der Waals surface area (Å²) in [5, 5.41) is 19.4. The molecule has 0 spiro atoms. The highest BCUT2D eigenvalue weighted by Crippen LogP contribution is 2.37. The van der Waals surface area contributed by atoms with Crippen LogP contribution < -0.4 is 5.32 Å². The molecule has 24 heavy (non-hydrogen) atoms. The Balaban J connectivity index is 2.21. The first kappa shape index (κ1) is 18.1. The van der Waals surface area contributed by atoms with Gasteiger partial charge in [-0.3, -0.25) is 14.9 Å². The molecule has 1 amide bonds. The number of hydrogen-bond acceptors (Lipinski definition) is 7. The number of thioether (sulfide) groups is 1. The van der Waals surface area contributed by atoms with Crippen LogP contribution in [0.15, 0.2) is 28.0 Å². The average molecular weight is 378 g/mol. The summed E-state index contributed by atoms with van der Waals surface area (Å²) < 4.78 is 39.7. The number of rotatable bonds is 5. The third-order valence-corrected chi connectivity index (χ3v) is 4.68. The van der Waals surface area contributed by atoms with Crippen LogP contribution in [0.2, 0.25) is 0 Å². The predicted molar refractivity (Wildman–Crippen MR) is 82.0 cm³/mol. The smallest absolute Gasteiger partial charge is 0.325 e. The first-order chi connectivity index (χ1) is 11.2. The molecule has 0 aliphatic rings. The Morgan fingerprint density at radius 2 is 2.17 bits per heavy atom. The lowest BCUT2D eigenvalue weighted by Crippen LogP contribution is -2.24. The van der Waals surface area contributed by atoms with Crippen molar-refractivity contribution in [1.29, 1.82) is 0 Å². The maximum Gasteiger partial charge on any atom is 0.418 e. The number of benzene rings is 1. The number of nitrogens with one attached hydrogen (secondary N) is 1. The van der Waals surface area contributed by atoms with Gasteiger partial charge < -0.3 is 5.32 Å². The summed E-state index contributed by atoms with van der Waals surface area (Å²) in [6, 6.07) is 2.15. The highest BCUT2D eigenvalue weighted by atomic mass is 32.2. The molecule has 0 saturated carbocycles. The number of halogens is 3. The Kier molecular flexibility index (Phi) is 5.39.